The third-order valence-electron chi connectivity index (χ3n) is 6.32. The number of pyridine rings is 2. The lowest BCUT2D eigenvalue weighted by Crippen LogP contribution is -2.41. The van der Waals surface area contributed by atoms with Gasteiger partial charge in [-0.3, -0.25) is 19.5 Å². The predicted octanol–water partition coefficient (Wildman–Crippen LogP) is 2.89. The van der Waals surface area contributed by atoms with E-state index in [-0.39, 0.29) is 17.6 Å². The SMILES string of the molecule is COc1cc2c(cc1Cc1ccc(C(=O)N3CCOCC3)nc1)C(=O)N(c1ncccc1F)CC2. The zero-order valence-corrected chi connectivity index (χ0v) is 19.4. The Morgan fingerprint density at radius 1 is 1.14 bits per heavy atom. The molecule has 2 aliphatic heterocycles. The summed E-state index contributed by atoms with van der Waals surface area (Å²) < 4.78 is 25.2. The molecule has 0 saturated carbocycles. The molecule has 2 aliphatic rings. The van der Waals surface area contributed by atoms with E-state index in [1.54, 1.807) is 30.3 Å². The van der Waals surface area contributed by atoms with Gasteiger partial charge in [0, 0.05) is 44.0 Å². The summed E-state index contributed by atoms with van der Waals surface area (Å²) in [7, 11) is 1.59. The lowest BCUT2D eigenvalue weighted by molar-refractivity contribution is 0.0299. The zero-order chi connectivity index (χ0) is 24.4. The third-order valence-corrected chi connectivity index (χ3v) is 6.32. The largest absolute Gasteiger partial charge is 0.496 e. The van der Waals surface area contributed by atoms with Crippen molar-refractivity contribution >= 4 is 17.6 Å². The van der Waals surface area contributed by atoms with Crippen LogP contribution in [0.25, 0.3) is 0 Å². The Labute approximate surface area is 202 Å². The number of halogens is 1. The van der Waals surface area contributed by atoms with Crippen molar-refractivity contribution in [2.24, 2.45) is 0 Å². The predicted molar refractivity (Wildman–Crippen MR) is 126 cm³/mol. The minimum Gasteiger partial charge on any atom is -0.496 e. The Bertz CT molecular complexity index is 1260. The molecule has 180 valence electrons. The van der Waals surface area contributed by atoms with Gasteiger partial charge in [0.2, 0.25) is 0 Å². The van der Waals surface area contributed by atoms with Crippen molar-refractivity contribution in [3.63, 3.8) is 0 Å². The van der Waals surface area contributed by atoms with Crippen LogP contribution in [0.2, 0.25) is 0 Å². The maximum Gasteiger partial charge on any atom is 0.272 e. The van der Waals surface area contributed by atoms with Crippen molar-refractivity contribution in [1.82, 2.24) is 14.9 Å². The van der Waals surface area contributed by atoms with Crippen molar-refractivity contribution in [3.05, 3.63) is 82.6 Å². The number of fused-ring (bicyclic) bond motifs is 1. The van der Waals surface area contributed by atoms with Crippen LogP contribution in [0.15, 0.2) is 48.8 Å². The van der Waals surface area contributed by atoms with Gasteiger partial charge in [0.1, 0.15) is 11.4 Å². The number of anilines is 1. The second-order valence-electron chi connectivity index (χ2n) is 8.47. The first-order chi connectivity index (χ1) is 17.0. The van der Waals surface area contributed by atoms with Gasteiger partial charge in [0.05, 0.1) is 20.3 Å². The van der Waals surface area contributed by atoms with Crippen molar-refractivity contribution in [3.8, 4) is 5.75 Å². The summed E-state index contributed by atoms with van der Waals surface area (Å²) in [6.45, 7) is 2.52. The monoisotopic (exact) mass is 476 g/mol. The van der Waals surface area contributed by atoms with E-state index in [0.717, 1.165) is 16.7 Å². The number of hydrogen-bond donors (Lipinski definition) is 0. The van der Waals surface area contributed by atoms with Crippen LogP contribution in [0.5, 0.6) is 5.75 Å². The Kier molecular flexibility index (Phi) is 6.41. The molecule has 3 aromatic rings. The van der Waals surface area contributed by atoms with Crippen LogP contribution >= 0.6 is 0 Å². The maximum atomic E-state index is 14.3. The fraction of sp³-hybridized carbons (Fsp3) is 0.308. The Morgan fingerprint density at radius 2 is 1.97 bits per heavy atom. The topological polar surface area (TPSA) is 84.9 Å². The third kappa shape index (κ3) is 4.59. The molecular weight excluding hydrogens is 451 g/mol. The number of carbonyl (C=O) groups excluding carboxylic acids is 2. The molecule has 1 fully saturated rings. The molecule has 0 aliphatic carbocycles. The second kappa shape index (κ2) is 9.79. The molecule has 2 amide bonds. The normalized spacial score (nSPS) is 15.7. The van der Waals surface area contributed by atoms with Crippen LogP contribution in [-0.4, -0.2) is 66.6 Å². The van der Waals surface area contributed by atoms with Gasteiger partial charge in [0.25, 0.3) is 11.8 Å². The number of aromatic nitrogens is 2. The molecule has 35 heavy (non-hydrogen) atoms. The minimum absolute atomic E-state index is 0.0326. The molecule has 4 heterocycles. The van der Waals surface area contributed by atoms with Gasteiger partial charge in [-0.1, -0.05) is 6.07 Å². The Hall–Kier alpha value is -3.85. The number of benzene rings is 1. The molecular formula is C26H25FN4O4. The highest BCUT2D eigenvalue weighted by Crippen LogP contribution is 2.31. The first-order valence-corrected chi connectivity index (χ1v) is 11.5. The number of nitrogens with zero attached hydrogens (tertiary/aromatic N) is 4. The van der Waals surface area contributed by atoms with Crippen LogP contribution < -0.4 is 9.64 Å². The summed E-state index contributed by atoms with van der Waals surface area (Å²) in [6, 6.07) is 10.0. The summed E-state index contributed by atoms with van der Waals surface area (Å²) in [6.07, 6.45) is 4.17. The average Bonchev–Trinajstić information content (AvgIpc) is 2.90. The van der Waals surface area contributed by atoms with E-state index >= 15 is 0 Å². The first kappa shape index (κ1) is 22.9. The molecule has 1 saturated heterocycles. The van der Waals surface area contributed by atoms with E-state index in [1.807, 2.05) is 12.1 Å². The highest BCUT2D eigenvalue weighted by Gasteiger charge is 2.29. The molecule has 0 radical (unpaired) electrons. The van der Waals surface area contributed by atoms with Crippen molar-refractivity contribution in [2.45, 2.75) is 12.8 Å². The van der Waals surface area contributed by atoms with E-state index < -0.39 is 5.82 Å². The van der Waals surface area contributed by atoms with Gasteiger partial charge in [-0.25, -0.2) is 9.37 Å². The van der Waals surface area contributed by atoms with Crippen molar-refractivity contribution in [1.29, 1.82) is 0 Å². The molecule has 0 atom stereocenters. The summed E-state index contributed by atoms with van der Waals surface area (Å²) in [5.41, 5.74) is 3.42. The summed E-state index contributed by atoms with van der Waals surface area (Å²) >= 11 is 0. The number of carbonyl (C=O) groups is 2. The van der Waals surface area contributed by atoms with E-state index in [4.69, 9.17) is 9.47 Å². The van der Waals surface area contributed by atoms with Gasteiger partial charge < -0.3 is 14.4 Å². The molecule has 1 aromatic carbocycles. The highest BCUT2D eigenvalue weighted by molar-refractivity contribution is 6.08. The van der Waals surface area contributed by atoms with Crippen LogP contribution in [-0.2, 0) is 17.6 Å². The van der Waals surface area contributed by atoms with Gasteiger partial charge in [-0.15, -0.1) is 0 Å². The summed E-state index contributed by atoms with van der Waals surface area (Å²) in [5.74, 6) is -0.237. The highest BCUT2D eigenvalue weighted by atomic mass is 19.1. The fourth-order valence-electron chi connectivity index (χ4n) is 4.46. The molecule has 2 aromatic heterocycles. The lowest BCUT2D eigenvalue weighted by atomic mass is 9.93. The fourth-order valence-corrected chi connectivity index (χ4v) is 4.46. The van der Waals surface area contributed by atoms with Crippen LogP contribution in [0.3, 0.4) is 0 Å². The number of morpholine rings is 1. The van der Waals surface area contributed by atoms with E-state index in [0.29, 0.717) is 62.7 Å². The average molecular weight is 477 g/mol. The second-order valence-corrected chi connectivity index (χ2v) is 8.47. The molecule has 5 rings (SSSR count). The number of ether oxygens (including phenoxy) is 2. The lowest BCUT2D eigenvalue weighted by Gasteiger charge is -2.29. The van der Waals surface area contributed by atoms with Crippen molar-refractivity contribution in [2.75, 3.05) is 44.9 Å². The molecule has 9 heteroatoms. The van der Waals surface area contributed by atoms with Crippen LogP contribution in [0, 0.1) is 5.82 Å². The summed E-state index contributed by atoms with van der Waals surface area (Å²) in [4.78, 5) is 37.5. The van der Waals surface area contributed by atoms with Crippen molar-refractivity contribution < 1.29 is 23.5 Å². The number of rotatable bonds is 5. The molecule has 8 nitrogen and oxygen atoms in total. The maximum absolute atomic E-state index is 14.3. The molecule has 0 bridgehead atoms. The van der Waals surface area contributed by atoms with Gasteiger partial charge in [0.15, 0.2) is 11.6 Å². The first-order valence-electron chi connectivity index (χ1n) is 11.5. The van der Waals surface area contributed by atoms with E-state index in [2.05, 4.69) is 9.97 Å². The molecule has 0 unspecified atom stereocenters. The standard InChI is InChI=1S/C26H25FN4O4/c1-34-23-15-18-6-8-31(24-21(27)3-2-7-28-24)25(32)20(18)14-19(23)13-17-4-5-22(29-16-17)26(33)30-9-11-35-12-10-30/h2-5,7,14-16H,6,8-13H2,1H3. The van der Waals surface area contributed by atoms with Crippen LogP contribution in [0.1, 0.15) is 37.5 Å². The van der Waals surface area contributed by atoms with Gasteiger partial charge >= 0.3 is 0 Å². The zero-order valence-electron chi connectivity index (χ0n) is 19.4. The minimum atomic E-state index is -0.532. The number of methoxy groups -OCH3 is 1. The number of amides is 2. The Balaban J connectivity index is 1.38. The Morgan fingerprint density at radius 3 is 2.69 bits per heavy atom. The van der Waals surface area contributed by atoms with E-state index in [1.165, 1.54) is 23.2 Å². The molecule has 0 N–H and O–H groups in total. The summed E-state index contributed by atoms with van der Waals surface area (Å²) in [5, 5.41) is 0. The van der Waals surface area contributed by atoms with Gasteiger partial charge in [-0.05, 0) is 53.4 Å². The van der Waals surface area contributed by atoms with E-state index in [9.17, 15) is 14.0 Å². The number of hydrogen-bond acceptors (Lipinski definition) is 6. The molecule has 0 spiro atoms. The van der Waals surface area contributed by atoms with Gasteiger partial charge in [-0.2, -0.15) is 0 Å². The van der Waals surface area contributed by atoms with Crippen LogP contribution in [0.4, 0.5) is 10.2 Å². The smallest absolute Gasteiger partial charge is 0.272 e. The quantitative estimate of drug-likeness (QED) is 0.563.